The predicted octanol–water partition coefficient (Wildman–Crippen LogP) is 2.04. The number of hydrogen-bond donors (Lipinski definition) is 1. The lowest BCUT2D eigenvalue weighted by molar-refractivity contribution is 0.485. The van der Waals surface area contributed by atoms with Gasteiger partial charge in [0.05, 0.1) is 18.0 Å². The van der Waals surface area contributed by atoms with Gasteiger partial charge in [0.25, 0.3) is 0 Å². The molecule has 0 fully saturated rings. The van der Waals surface area contributed by atoms with Crippen molar-refractivity contribution in [2.75, 3.05) is 6.54 Å². The predicted molar refractivity (Wildman–Crippen MR) is 82.1 cm³/mol. The van der Waals surface area contributed by atoms with E-state index in [1.165, 1.54) is 4.88 Å². The monoisotopic (exact) mass is 312 g/mol. The third-order valence-corrected chi connectivity index (χ3v) is 5.00. The Balaban J connectivity index is 1.88. The summed E-state index contributed by atoms with van der Waals surface area (Å²) in [7, 11) is 0. The zero-order valence-corrected chi connectivity index (χ0v) is 13.9. The molecule has 1 N–H and O–H groups in total. The number of tetrazole rings is 1. The first-order chi connectivity index (χ1) is 9.56. The minimum atomic E-state index is 0.476. The highest BCUT2D eigenvalue weighted by Crippen LogP contribution is 2.24. The van der Waals surface area contributed by atoms with Gasteiger partial charge in [-0.15, -0.1) is 16.4 Å². The van der Waals surface area contributed by atoms with Crippen molar-refractivity contribution < 1.29 is 0 Å². The van der Waals surface area contributed by atoms with Crippen molar-refractivity contribution in [3.63, 3.8) is 0 Å². The molecule has 20 heavy (non-hydrogen) atoms. The van der Waals surface area contributed by atoms with Gasteiger partial charge in [0.2, 0.25) is 5.16 Å². The minimum Gasteiger partial charge on any atom is -0.313 e. The van der Waals surface area contributed by atoms with Crippen LogP contribution < -0.4 is 5.32 Å². The Bertz CT molecular complexity index is 528. The summed E-state index contributed by atoms with van der Waals surface area (Å²) in [5.74, 6) is 0.817. The van der Waals surface area contributed by atoms with E-state index in [0.29, 0.717) is 6.04 Å². The van der Waals surface area contributed by atoms with Gasteiger partial charge in [-0.3, -0.25) is 0 Å². The molecular formula is C12H20N6S2. The molecule has 0 unspecified atom stereocenters. The molecule has 0 saturated heterocycles. The quantitative estimate of drug-likeness (QED) is 0.789. The maximum absolute atomic E-state index is 4.53. The lowest BCUT2D eigenvalue weighted by Crippen LogP contribution is -2.27. The minimum absolute atomic E-state index is 0.476. The molecule has 6 nitrogen and oxygen atoms in total. The maximum Gasteiger partial charge on any atom is 0.209 e. The number of nitrogens with one attached hydrogen (secondary N) is 1. The second-order valence-corrected chi connectivity index (χ2v) is 7.06. The van der Waals surface area contributed by atoms with Crippen LogP contribution in [0.1, 0.15) is 29.4 Å². The highest BCUT2D eigenvalue weighted by molar-refractivity contribution is 7.98. The molecule has 0 bridgehead atoms. The van der Waals surface area contributed by atoms with Crippen LogP contribution in [0, 0.1) is 13.8 Å². The first kappa shape index (κ1) is 15.4. The van der Waals surface area contributed by atoms with Crippen LogP contribution in [0.2, 0.25) is 0 Å². The van der Waals surface area contributed by atoms with Crippen molar-refractivity contribution >= 4 is 23.1 Å². The first-order valence-electron chi connectivity index (χ1n) is 6.61. The summed E-state index contributed by atoms with van der Waals surface area (Å²) in [6, 6.07) is 0.476. The van der Waals surface area contributed by atoms with E-state index in [1.807, 2.05) is 11.6 Å². The molecule has 0 aliphatic rings. The number of aromatic nitrogens is 5. The molecular weight excluding hydrogens is 292 g/mol. The van der Waals surface area contributed by atoms with Crippen molar-refractivity contribution in [3.8, 4) is 0 Å². The third-order valence-electron chi connectivity index (χ3n) is 2.77. The smallest absolute Gasteiger partial charge is 0.209 e. The van der Waals surface area contributed by atoms with Gasteiger partial charge in [-0.05, 0) is 24.3 Å². The van der Waals surface area contributed by atoms with Crippen LogP contribution in [0.25, 0.3) is 0 Å². The fourth-order valence-electron chi connectivity index (χ4n) is 1.63. The van der Waals surface area contributed by atoms with E-state index >= 15 is 0 Å². The molecule has 0 saturated carbocycles. The van der Waals surface area contributed by atoms with E-state index in [4.69, 9.17) is 0 Å². The SMILES string of the molecule is Cc1nc(CSc2nnnn2CCNC(C)C)sc1C. The molecule has 0 aromatic carbocycles. The average Bonchev–Trinajstić information content (AvgIpc) is 2.94. The number of rotatable bonds is 7. The Morgan fingerprint density at radius 2 is 2.15 bits per heavy atom. The molecule has 2 heterocycles. The van der Waals surface area contributed by atoms with Crippen molar-refractivity contribution in [3.05, 3.63) is 15.6 Å². The Hall–Kier alpha value is -0.990. The molecule has 0 amide bonds. The van der Waals surface area contributed by atoms with Crippen molar-refractivity contribution in [1.82, 2.24) is 30.5 Å². The molecule has 2 aromatic heterocycles. The van der Waals surface area contributed by atoms with E-state index < -0.39 is 0 Å². The highest BCUT2D eigenvalue weighted by Gasteiger charge is 2.09. The second kappa shape index (κ2) is 7.14. The molecule has 0 aliphatic heterocycles. The van der Waals surface area contributed by atoms with Crippen LogP contribution in [-0.4, -0.2) is 37.8 Å². The molecule has 110 valence electrons. The van der Waals surface area contributed by atoms with E-state index in [0.717, 1.165) is 34.7 Å². The van der Waals surface area contributed by atoms with E-state index in [1.54, 1.807) is 23.1 Å². The molecule has 0 spiro atoms. The first-order valence-corrected chi connectivity index (χ1v) is 8.41. The third kappa shape index (κ3) is 4.26. The largest absolute Gasteiger partial charge is 0.313 e. The molecule has 0 aliphatic carbocycles. The van der Waals surface area contributed by atoms with Crippen molar-refractivity contribution in [2.24, 2.45) is 0 Å². The van der Waals surface area contributed by atoms with Gasteiger partial charge >= 0.3 is 0 Å². The van der Waals surface area contributed by atoms with Crippen LogP contribution in [-0.2, 0) is 12.3 Å². The standard InChI is InChI=1S/C12H20N6S2/c1-8(2)13-5-6-18-12(15-16-17-18)19-7-11-14-9(3)10(4)20-11/h8,13H,5-7H2,1-4H3. The average molecular weight is 312 g/mol. The second-order valence-electron chi connectivity index (χ2n) is 4.83. The highest BCUT2D eigenvalue weighted by atomic mass is 32.2. The summed E-state index contributed by atoms with van der Waals surface area (Å²) < 4.78 is 1.84. The van der Waals surface area contributed by atoms with Gasteiger partial charge in [0.15, 0.2) is 0 Å². The van der Waals surface area contributed by atoms with Gasteiger partial charge < -0.3 is 5.32 Å². The molecule has 2 rings (SSSR count). The van der Waals surface area contributed by atoms with Gasteiger partial charge in [0.1, 0.15) is 5.01 Å². The molecule has 0 atom stereocenters. The summed E-state index contributed by atoms with van der Waals surface area (Å²) >= 11 is 3.38. The van der Waals surface area contributed by atoms with Crippen LogP contribution in [0.15, 0.2) is 5.16 Å². The fraction of sp³-hybridized carbons (Fsp3) is 0.667. The van der Waals surface area contributed by atoms with E-state index in [-0.39, 0.29) is 0 Å². The Kier molecular flexibility index (Phi) is 5.50. The summed E-state index contributed by atoms with van der Waals surface area (Å²) in [6.45, 7) is 10.0. The summed E-state index contributed by atoms with van der Waals surface area (Å²) in [4.78, 5) is 5.81. The lowest BCUT2D eigenvalue weighted by atomic mass is 10.4. The van der Waals surface area contributed by atoms with Gasteiger partial charge in [-0.2, -0.15) is 0 Å². The number of thioether (sulfide) groups is 1. The maximum atomic E-state index is 4.53. The molecule has 0 radical (unpaired) electrons. The topological polar surface area (TPSA) is 68.5 Å². The Morgan fingerprint density at radius 3 is 2.80 bits per heavy atom. The van der Waals surface area contributed by atoms with Crippen LogP contribution in [0.5, 0.6) is 0 Å². The number of nitrogens with zero attached hydrogens (tertiary/aromatic N) is 5. The number of hydrogen-bond acceptors (Lipinski definition) is 7. The Morgan fingerprint density at radius 1 is 1.35 bits per heavy atom. The van der Waals surface area contributed by atoms with Gasteiger partial charge in [-0.1, -0.05) is 25.6 Å². The lowest BCUT2D eigenvalue weighted by Gasteiger charge is -2.08. The summed E-state index contributed by atoms with van der Waals surface area (Å²) in [5, 5.41) is 17.2. The molecule has 8 heteroatoms. The van der Waals surface area contributed by atoms with Crippen LogP contribution in [0.3, 0.4) is 0 Å². The van der Waals surface area contributed by atoms with Crippen LogP contribution in [0.4, 0.5) is 0 Å². The zero-order chi connectivity index (χ0) is 14.5. The number of thiazole rings is 1. The fourth-order valence-corrected chi connectivity index (χ4v) is 3.46. The van der Waals surface area contributed by atoms with E-state index in [9.17, 15) is 0 Å². The summed E-state index contributed by atoms with van der Waals surface area (Å²) in [5.41, 5.74) is 1.12. The van der Waals surface area contributed by atoms with E-state index in [2.05, 4.69) is 46.6 Å². The van der Waals surface area contributed by atoms with Crippen molar-refractivity contribution in [2.45, 2.75) is 51.2 Å². The summed E-state index contributed by atoms with van der Waals surface area (Å²) in [6.07, 6.45) is 0. The van der Waals surface area contributed by atoms with Gasteiger partial charge in [0, 0.05) is 17.5 Å². The van der Waals surface area contributed by atoms with Crippen molar-refractivity contribution in [1.29, 1.82) is 0 Å². The zero-order valence-electron chi connectivity index (χ0n) is 12.3. The van der Waals surface area contributed by atoms with Crippen LogP contribution >= 0.6 is 23.1 Å². The van der Waals surface area contributed by atoms with Gasteiger partial charge in [-0.25, -0.2) is 9.67 Å². The molecule has 2 aromatic rings. The Labute approximate surface area is 127 Å². The normalized spacial score (nSPS) is 11.4. The number of aryl methyl sites for hydroxylation is 2.